The highest BCUT2D eigenvalue weighted by Gasteiger charge is 2.06. The number of aryl methyl sites for hydroxylation is 2. The second kappa shape index (κ2) is 5.80. The molecule has 0 fully saturated rings. The van der Waals surface area contributed by atoms with Crippen molar-refractivity contribution in [2.45, 2.75) is 33.5 Å². The molecule has 96 valence electrons. The molecule has 0 unspecified atom stereocenters. The van der Waals surface area contributed by atoms with E-state index >= 15 is 0 Å². The summed E-state index contributed by atoms with van der Waals surface area (Å²) < 4.78 is 0. The van der Waals surface area contributed by atoms with Gasteiger partial charge in [-0.1, -0.05) is 24.3 Å². The van der Waals surface area contributed by atoms with Crippen molar-refractivity contribution in [1.82, 2.24) is 15.5 Å². The maximum atomic E-state index is 9.25. The van der Waals surface area contributed by atoms with Crippen LogP contribution in [0, 0.1) is 13.8 Å². The molecular weight excluding hydrogens is 226 g/mol. The zero-order valence-corrected chi connectivity index (χ0v) is 10.8. The number of aromatic amines is 1. The van der Waals surface area contributed by atoms with Crippen LogP contribution in [-0.2, 0) is 19.7 Å². The Labute approximate surface area is 107 Å². The maximum Gasteiger partial charge on any atom is 0.0685 e. The van der Waals surface area contributed by atoms with Crippen LogP contribution in [0.3, 0.4) is 0 Å². The first kappa shape index (κ1) is 12.8. The molecule has 0 bridgehead atoms. The Kier molecular flexibility index (Phi) is 4.12. The van der Waals surface area contributed by atoms with Gasteiger partial charge in [-0.15, -0.1) is 0 Å². The van der Waals surface area contributed by atoms with E-state index < -0.39 is 0 Å². The number of hydrogen-bond donors (Lipinski definition) is 3. The summed E-state index contributed by atoms with van der Waals surface area (Å²) in [4.78, 5) is 0. The highest BCUT2D eigenvalue weighted by atomic mass is 16.3. The molecule has 2 aromatic rings. The van der Waals surface area contributed by atoms with E-state index in [2.05, 4.69) is 15.5 Å². The van der Waals surface area contributed by atoms with Crippen LogP contribution in [0.4, 0.5) is 0 Å². The van der Waals surface area contributed by atoms with Crippen LogP contribution in [0.25, 0.3) is 0 Å². The first-order valence-electron chi connectivity index (χ1n) is 6.11. The van der Waals surface area contributed by atoms with Gasteiger partial charge in [0, 0.05) is 24.3 Å². The molecule has 0 atom stereocenters. The lowest BCUT2D eigenvalue weighted by molar-refractivity contribution is 0.280. The molecular formula is C14H19N3O. The number of rotatable bonds is 5. The van der Waals surface area contributed by atoms with Gasteiger partial charge in [-0.2, -0.15) is 5.10 Å². The summed E-state index contributed by atoms with van der Waals surface area (Å²) in [5, 5.41) is 19.8. The van der Waals surface area contributed by atoms with Crippen LogP contribution in [0.5, 0.6) is 0 Å². The number of aliphatic hydroxyl groups is 1. The summed E-state index contributed by atoms with van der Waals surface area (Å²) in [6, 6.07) is 7.92. The van der Waals surface area contributed by atoms with Gasteiger partial charge < -0.3 is 10.4 Å². The quantitative estimate of drug-likeness (QED) is 0.753. The Morgan fingerprint density at radius 2 is 1.89 bits per heavy atom. The Balaban J connectivity index is 1.96. The Morgan fingerprint density at radius 1 is 1.17 bits per heavy atom. The molecule has 4 nitrogen and oxygen atoms in total. The summed E-state index contributed by atoms with van der Waals surface area (Å²) in [6.07, 6.45) is 0. The third-order valence-corrected chi connectivity index (χ3v) is 3.19. The van der Waals surface area contributed by atoms with Gasteiger partial charge >= 0.3 is 0 Å². The van der Waals surface area contributed by atoms with Gasteiger partial charge in [-0.3, -0.25) is 5.10 Å². The number of hydrogen-bond acceptors (Lipinski definition) is 3. The second-order valence-electron chi connectivity index (χ2n) is 4.44. The lowest BCUT2D eigenvalue weighted by atomic mass is 10.1. The van der Waals surface area contributed by atoms with Crippen molar-refractivity contribution in [3.8, 4) is 0 Å². The smallest absolute Gasteiger partial charge is 0.0685 e. The van der Waals surface area contributed by atoms with Crippen LogP contribution in [-0.4, -0.2) is 15.3 Å². The molecule has 2 rings (SSSR count). The molecule has 3 N–H and O–H groups in total. The number of H-pyrrole nitrogens is 1. The van der Waals surface area contributed by atoms with Gasteiger partial charge in [0.25, 0.3) is 0 Å². The predicted octanol–water partition coefficient (Wildman–Crippen LogP) is 1.81. The van der Waals surface area contributed by atoms with Crippen molar-refractivity contribution in [2.75, 3.05) is 0 Å². The summed E-state index contributed by atoms with van der Waals surface area (Å²) in [7, 11) is 0. The Hall–Kier alpha value is -1.65. The van der Waals surface area contributed by atoms with Crippen molar-refractivity contribution in [3.63, 3.8) is 0 Å². The predicted molar refractivity (Wildman–Crippen MR) is 71.0 cm³/mol. The SMILES string of the molecule is Cc1n[nH]c(C)c1CNCc1ccccc1CO. The molecule has 0 radical (unpaired) electrons. The minimum atomic E-state index is 0.0849. The Morgan fingerprint density at radius 3 is 2.50 bits per heavy atom. The minimum Gasteiger partial charge on any atom is -0.392 e. The lowest BCUT2D eigenvalue weighted by Crippen LogP contribution is -2.15. The molecule has 0 aliphatic carbocycles. The number of aromatic nitrogens is 2. The largest absolute Gasteiger partial charge is 0.392 e. The molecule has 1 heterocycles. The van der Waals surface area contributed by atoms with Gasteiger partial charge in [-0.25, -0.2) is 0 Å². The van der Waals surface area contributed by atoms with E-state index in [1.54, 1.807) is 0 Å². The highest BCUT2D eigenvalue weighted by molar-refractivity contribution is 5.27. The first-order chi connectivity index (χ1) is 8.72. The summed E-state index contributed by atoms with van der Waals surface area (Å²) >= 11 is 0. The van der Waals surface area contributed by atoms with Crippen molar-refractivity contribution in [2.24, 2.45) is 0 Å². The number of benzene rings is 1. The van der Waals surface area contributed by atoms with E-state index in [0.29, 0.717) is 0 Å². The van der Waals surface area contributed by atoms with E-state index in [4.69, 9.17) is 0 Å². The van der Waals surface area contributed by atoms with Crippen LogP contribution in [0.2, 0.25) is 0 Å². The monoisotopic (exact) mass is 245 g/mol. The molecule has 18 heavy (non-hydrogen) atoms. The average Bonchev–Trinajstić information content (AvgIpc) is 2.71. The normalized spacial score (nSPS) is 10.8. The molecule has 1 aromatic heterocycles. The molecule has 0 saturated heterocycles. The van der Waals surface area contributed by atoms with E-state index in [1.807, 2.05) is 38.1 Å². The summed E-state index contributed by atoms with van der Waals surface area (Å²) in [6.45, 7) is 5.65. The molecule has 1 aromatic carbocycles. The van der Waals surface area contributed by atoms with Crippen molar-refractivity contribution in [3.05, 3.63) is 52.3 Å². The van der Waals surface area contributed by atoms with Gasteiger partial charge in [0.05, 0.1) is 12.3 Å². The second-order valence-corrected chi connectivity index (χ2v) is 4.44. The van der Waals surface area contributed by atoms with Crippen LogP contribution in [0.15, 0.2) is 24.3 Å². The highest BCUT2D eigenvalue weighted by Crippen LogP contribution is 2.11. The first-order valence-corrected chi connectivity index (χ1v) is 6.11. The van der Waals surface area contributed by atoms with E-state index in [9.17, 15) is 5.11 Å². The molecule has 0 saturated carbocycles. The van der Waals surface area contributed by atoms with Gasteiger partial charge in [0.1, 0.15) is 0 Å². The molecule has 0 spiro atoms. The van der Waals surface area contributed by atoms with Crippen molar-refractivity contribution in [1.29, 1.82) is 0 Å². The molecule has 0 aliphatic rings. The number of nitrogens with one attached hydrogen (secondary N) is 2. The van der Waals surface area contributed by atoms with E-state index in [0.717, 1.165) is 35.6 Å². The maximum absolute atomic E-state index is 9.25. The topological polar surface area (TPSA) is 60.9 Å². The third-order valence-electron chi connectivity index (χ3n) is 3.19. The summed E-state index contributed by atoms with van der Waals surface area (Å²) in [5.74, 6) is 0. The molecule has 4 heteroatoms. The number of aliphatic hydroxyl groups excluding tert-OH is 1. The molecule has 0 amide bonds. The molecule has 0 aliphatic heterocycles. The standard InChI is InChI=1S/C14H19N3O/c1-10-14(11(2)17-16-10)8-15-7-12-5-3-4-6-13(12)9-18/h3-6,15,18H,7-9H2,1-2H3,(H,16,17). The Bertz CT molecular complexity index is 500. The lowest BCUT2D eigenvalue weighted by Gasteiger charge is -2.09. The zero-order chi connectivity index (χ0) is 13.0. The van der Waals surface area contributed by atoms with E-state index in [-0.39, 0.29) is 6.61 Å². The minimum absolute atomic E-state index is 0.0849. The van der Waals surface area contributed by atoms with Crippen LogP contribution >= 0.6 is 0 Å². The fourth-order valence-corrected chi connectivity index (χ4v) is 2.04. The van der Waals surface area contributed by atoms with Crippen molar-refractivity contribution < 1.29 is 5.11 Å². The van der Waals surface area contributed by atoms with E-state index in [1.165, 1.54) is 5.56 Å². The fraction of sp³-hybridized carbons (Fsp3) is 0.357. The third kappa shape index (κ3) is 2.78. The van der Waals surface area contributed by atoms with Gasteiger partial charge in [0.15, 0.2) is 0 Å². The van der Waals surface area contributed by atoms with Crippen LogP contribution < -0.4 is 5.32 Å². The zero-order valence-electron chi connectivity index (χ0n) is 10.8. The van der Waals surface area contributed by atoms with Crippen LogP contribution in [0.1, 0.15) is 28.1 Å². The van der Waals surface area contributed by atoms with Crippen molar-refractivity contribution >= 4 is 0 Å². The van der Waals surface area contributed by atoms with Gasteiger partial charge in [-0.05, 0) is 25.0 Å². The fourth-order valence-electron chi connectivity index (χ4n) is 2.04. The average molecular weight is 245 g/mol. The van der Waals surface area contributed by atoms with Gasteiger partial charge in [0.2, 0.25) is 0 Å². The summed E-state index contributed by atoms with van der Waals surface area (Å²) in [5.41, 5.74) is 5.48. The number of nitrogens with zero attached hydrogens (tertiary/aromatic N) is 1.